The Labute approximate surface area is 103 Å². The Bertz CT molecular complexity index is 421. The van der Waals surface area contributed by atoms with E-state index in [0.29, 0.717) is 12.2 Å². The number of hydrogen-bond donors (Lipinski definition) is 0. The molecule has 0 saturated heterocycles. The van der Waals surface area contributed by atoms with Crippen LogP contribution in [0.3, 0.4) is 0 Å². The van der Waals surface area contributed by atoms with Crippen LogP contribution in [0, 0.1) is 12.8 Å². The summed E-state index contributed by atoms with van der Waals surface area (Å²) < 4.78 is 5.84. The summed E-state index contributed by atoms with van der Waals surface area (Å²) in [4.78, 5) is 11.6. The highest BCUT2D eigenvalue weighted by Gasteiger charge is 2.23. The van der Waals surface area contributed by atoms with Crippen LogP contribution >= 0.6 is 0 Å². The van der Waals surface area contributed by atoms with Crippen molar-refractivity contribution >= 4 is 5.78 Å². The van der Waals surface area contributed by atoms with Crippen molar-refractivity contribution in [2.45, 2.75) is 46.1 Å². The molecular formula is C15H20O2. The zero-order valence-corrected chi connectivity index (χ0v) is 10.8. The second-order valence-electron chi connectivity index (χ2n) is 5.21. The first-order valence-electron chi connectivity index (χ1n) is 6.35. The summed E-state index contributed by atoms with van der Waals surface area (Å²) in [6, 6.07) is 6.29. The minimum Gasteiger partial charge on any atom is -0.490 e. The van der Waals surface area contributed by atoms with Gasteiger partial charge in [-0.15, -0.1) is 0 Å². The highest BCUT2D eigenvalue weighted by atomic mass is 16.5. The number of rotatable bonds is 4. The first-order chi connectivity index (χ1) is 8.06. The number of carbonyl (C=O) groups excluding carboxylic acids is 1. The summed E-state index contributed by atoms with van der Waals surface area (Å²) in [5.74, 6) is 1.47. The number of hydrogen-bond acceptors (Lipinski definition) is 2. The lowest BCUT2D eigenvalue weighted by molar-refractivity contribution is -0.122. The molecule has 0 saturated carbocycles. The molecule has 1 unspecified atom stereocenters. The molecule has 2 rings (SSSR count). The number of carbonyl (C=O) groups is 1. The first kappa shape index (κ1) is 12.2. The Morgan fingerprint density at radius 2 is 2.24 bits per heavy atom. The Hall–Kier alpha value is -1.31. The van der Waals surface area contributed by atoms with E-state index in [1.54, 1.807) is 0 Å². The number of benzene rings is 1. The van der Waals surface area contributed by atoms with E-state index in [1.807, 2.05) is 19.9 Å². The molecule has 1 aromatic carbocycles. The van der Waals surface area contributed by atoms with Gasteiger partial charge in [0.1, 0.15) is 17.6 Å². The van der Waals surface area contributed by atoms with Crippen molar-refractivity contribution < 1.29 is 9.53 Å². The number of Topliss-reactive ketones (excluding diaryl/α,β-unsaturated/α-hetero) is 1. The SMILES string of the molecule is Cc1ccc2c(c1)CC(CCC(=O)C(C)C)O2. The van der Waals surface area contributed by atoms with Gasteiger partial charge in [-0.05, 0) is 25.0 Å². The molecule has 1 atom stereocenters. The smallest absolute Gasteiger partial charge is 0.135 e. The molecule has 1 aliphatic rings. The molecule has 1 aliphatic heterocycles. The zero-order chi connectivity index (χ0) is 12.4. The largest absolute Gasteiger partial charge is 0.490 e. The molecule has 0 aliphatic carbocycles. The third-order valence-corrected chi connectivity index (χ3v) is 3.31. The van der Waals surface area contributed by atoms with Crippen LogP contribution in [-0.4, -0.2) is 11.9 Å². The van der Waals surface area contributed by atoms with Crippen LogP contribution < -0.4 is 4.74 Å². The average Bonchev–Trinajstić information content (AvgIpc) is 2.67. The highest BCUT2D eigenvalue weighted by Crippen LogP contribution is 2.31. The van der Waals surface area contributed by atoms with Gasteiger partial charge in [0.05, 0.1) is 0 Å². The summed E-state index contributed by atoms with van der Waals surface area (Å²) >= 11 is 0. The number of ketones is 1. The van der Waals surface area contributed by atoms with Gasteiger partial charge in [0, 0.05) is 18.8 Å². The van der Waals surface area contributed by atoms with Crippen LogP contribution in [0.4, 0.5) is 0 Å². The van der Waals surface area contributed by atoms with E-state index in [-0.39, 0.29) is 12.0 Å². The fourth-order valence-electron chi connectivity index (χ4n) is 2.20. The molecule has 1 heterocycles. The predicted octanol–water partition coefficient (Wildman–Crippen LogP) is 3.30. The average molecular weight is 232 g/mol. The molecule has 92 valence electrons. The Kier molecular flexibility index (Phi) is 3.51. The Morgan fingerprint density at radius 3 is 2.94 bits per heavy atom. The van der Waals surface area contributed by atoms with Crippen LogP contribution in [-0.2, 0) is 11.2 Å². The summed E-state index contributed by atoms with van der Waals surface area (Å²) in [5, 5.41) is 0. The lowest BCUT2D eigenvalue weighted by Crippen LogP contribution is -2.16. The number of fused-ring (bicyclic) bond motifs is 1. The Morgan fingerprint density at radius 1 is 1.47 bits per heavy atom. The predicted molar refractivity (Wildman–Crippen MR) is 68.4 cm³/mol. The van der Waals surface area contributed by atoms with E-state index in [1.165, 1.54) is 11.1 Å². The number of aryl methyl sites for hydroxylation is 1. The van der Waals surface area contributed by atoms with Crippen molar-refractivity contribution in [1.29, 1.82) is 0 Å². The van der Waals surface area contributed by atoms with Crippen molar-refractivity contribution in [3.05, 3.63) is 29.3 Å². The lowest BCUT2D eigenvalue weighted by Gasteiger charge is -2.10. The van der Waals surface area contributed by atoms with E-state index in [4.69, 9.17) is 4.74 Å². The Balaban J connectivity index is 1.90. The minimum atomic E-state index is 0.140. The molecule has 0 bridgehead atoms. The third-order valence-electron chi connectivity index (χ3n) is 3.31. The summed E-state index contributed by atoms with van der Waals surface area (Å²) in [6.45, 7) is 6.00. The van der Waals surface area contributed by atoms with Gasteiger partial charge < -0.3 is 4.74 Å². The van der Waals surface area contributed by atoms with Crippen molar-refractivity contribution in [3.8, 4) is 5.75 Å². The van der Waals surface area contributed by atoms with Crippen LogP contribution in [0.2, 0.25) is 0 Å². The molecule has 0 amide bonds. The van der Waals surface area contributed by atoms with E-state index in [2.05, 4.69) is 19.1 Å². The second-order valence-corrected chi connectivity index (χ2v) is 5.21. The highest BCUT2D eigenvalue weighted by molar-refractivity contribution is 5.80. The van der Waals surface area contributed by atoms with Crippen LogP contribution in [0.5, 0.6) is 5.75 Å². The molecule has 0 aromatic heterocycles. The van der Waals surface area contributed by atoms with Gasteiger partial charge in [0.25, 0.3) is 0 Å². The van der Waals surface area contributed by atoms with Crippen LogP contribution in [0.1, 0.15) is 37.8 Å². The summed E-state index contributed by atoms with van der Waals surface area (Å²) in [7, 11) is 0. The van der Waals surface area contributed by atoms with Gasteiger partial charge in [-0.1, -0.05) is 31.5 Å². The van der Waals surface area contributed by atoms with Gasteiger partial charge >= 0.3 is 0 Å². The second kappa shape index (κ2) is 4.91. The van der Waals surface area contributed by atoms with Gasteiger partial charge in [0.15, 0.2) is 0 Å². The van der Waals surface area contributed by atoms with Crippen molar-refractivity contribution in [2.75, 3.05) is 0 Å². The quantitative estimate of drug-likeness (QED) is 0.796. The molecule has 0 N–H and O–H groups in total. The molecule has 0 radical (unpaired) electrons. The zero-order valence-electron chi connectivity index (χ0n) is 10.8. The fourth-order valence-corrected chi connectivity index (χ4v) is 2.20. The van der Waals surface area contributed by atoms with E-state index in [9.17, 15) is 4.79 Å². The molecule has 0 fully saturated rings. The van der Waals surface area contributed by atoms with Crippen molar-refractivity contribution in [3.63, 3.8) is 0 Å². The molecule has 17 heavy (non-hydrogen) atoms. The van der Waals surface area contributed by atoms with Crippen molar-refractivity contribution in [2.24, 2.45) is 5.92 Å². The summed E-state index contributed by atoms with van der Waals surface area (Å²) in [5.41, 5.74) is 2.55. The molecule has 1 aromatic rings. The maximum Gasteiger partial charge on any atom is 0.135 e. The van der Waals surface area contributed by atoms with Gasteiger partial charge in [-0.3, -0.25) is 4.79 Å². The molecule has 2 heteroatoms. The van der Waals surface area contributed by atoms with Gasteiger partial charge in [-0.2, -0.15) is 0 Å². The van der Waals surface area contributed by atoms with Crippen molar-refractivity contribution in [1.82, 2.24) is 0 Å². The summed E-state index contributed by atoms with van der Waals surface area (Å²) in [6.07, 6.45) is 2.61. The molecule has 0 spiro atoms. The van der Waals surface area contributed by atoms with E-state index < -0.39 is 0 Å². The fraction of sp³-hybridized carbons (Fsp3) is 0.533. The van der Waals surface area contributed by atoms with E-state index in [0.717, 1.165) is 18.6 Å². The normalized spacial score (nSPS) is 18.0. The van der Waals surface area contributed by atoms with Gasteiger partial charge in [-0.25, -0.2) is 0 Å². The van der Waals surface area contributed by atoms with Crippen LogP contribution in [0.25, 0.3) is 0 Å². The minimum absolute atomic E-state index is 0.140. The van der Waals surface area contributed by atoms with Crippen LogP contribution in [0.15, 0.2) is 18.2 Å². The number of ether oxygens (including phenoxy) is 1. The standard InChI is InChI=1S/C15H20O2/c1-10(2)14(16)6-5-13-9-12-8-11(3)4-7-15(12)17-13/h4,7-8,10,13H,5-6,9H2,1-3H3. The molecular weight excluding hydrogens is 212 g/mol. The maximum atomic E-state index is 11.6. The first-order valence-corrected chi connectivity index (χ1v) is 6.35. The van der Waals surface area contributed by atoms with E-state index >= 15 is 0 Å². The molecule has 2 nitrogen and oxygen atoms in total. The lowest BCUT2D eigenvalue weighted by atomic mass is 10.00. The van der Waals surface area contributed by atoms with Gasteiger partial charge in [0.2, 0.25) is 0 Å². The third kappa shape index (κ3) is 2.87. The topological polar surface area (TPSA) is 26.3 Å². The maximum absolute atomic E-state index is 11.6. The monoisotopic (exact) mass is 232 g/mol.